The summed E-state index contributed by atoms with van der Waals surface area (Å²) >= 11 is 0. The fourth-order valence-electron chi connectivity index (χ4n) is 2.82. The second-order valence-corrected chi connectivity index (χ2v) is 6.36. The second-order valence-electron chi connectivity index (χ2n) is 6.36. The van der Waals surface area contributed by atoms with Crippen LogP contribution in [0.3, 0.4) is 0 Å². The number of carbonyl (C=O) groups excluding carboxylic acids is 4. The number of nitrogens with zero attached hydrogens (tertiary/aromatic N) is 4. The van der Waals surface area contributed by atoms with E-state index in [0.717, 1.165) is 18.4 Å². The Morgan fingerprint density at radius 2 is 1.38 bits per heavy atom. The molecule has 1 aliphatic rings. The summed E-state index contributed by atoms with van der Waals surface area (Å²) < 4.78 is 8.73. The Kier molecular flexibility index (Phi) is 9.64. The standard InChI is InChI=1S/C16H14N2O2.C6H10N2O4/c19-15-13-5-1-2-6-14(13)16(20)18(15)11-3-4-12-7-9-17-10-8-12;1-3-11-5(9)7-8-6(10)12-4-2/h1-2,5-10H,3-4,11H2;3-4H2,1-2H3/b;8-7+. The number of ether oxygens (including phenoxy) is 2. The van der Waals surface area contributed by atoms with Crippen LogP contribution in [0.2, 0.25) is 0 Å². The lowest BCUT2D eigenvalue weighted by Gasteiger charge is -2.13. The van der Waals surface area contributed by atoms with Gasteiger partial charge >= 0.3 is 12.2 Å². The molecule has 1 aromatic heterocycles. The van der Waals surface area contributed by atoms with Gasteiger partial charge < -0.3 is 9.47 Å². The van der Waals surface area contributed by atoms with Crippen molar-refractivity contribution in [2.45, 2.75) is 26.7 Å². The van der Waals surface area contributed by atoms with Crippen LogP contribution in [0.25, 0.3) is 0 Å². The van der Waals surface area contributed by atoms with Crippen molar-refractivity contribution in [1.82, 2.24) is 9.88 Å². The molecule has 32 heavy (non-hydrogen) atoms. The van der Waals surface area contributed by atoms with Crippen LogP contribution in [0.5, 0.6) is 0 Å². The molecule has 1 aliphatic heterocycles. The molecule has 0 unspecified atom stereocenters. The Morgan fingerprint density at radius 3 is 1.84 bits per heavy atom. The summed E-state index contributed by atoms with van der Waals surface area (Å²) in [4.78, 5) is 50.5. The first kappa shape index (κ1) is 24.3. The Bertz CT molecular complexity index is 922. The molecule has 0 N–H and O–H groups in total. The zero-order valence-electron chi connectivity index (χ0n) is 17.9. The summed E-state index contributed by atoms with van der Waals surface area (Å²) in [6.45, 7) is 4.09. The number of fused-ring (bicyclic) bond motifs is 1. The van der Waals surface area contributed by atoms with Crippen molar-refractivity contribution in [2.24, 2.45) is 10.2 Å². The highest BCUT2D eigenvalue weighted by Crippen LogP contribution is 2.22. The van der Waals surface area contributed by atoms with Gasteiger partial charge in [0.25, 0.3) is 11.8 Å². The predicted molar refractivity (Wildman–Crippen MR) is 113 cm³/mol. The van der Waals surface area contributed by atoms with Gasteiger partial charge in [-0.15, -0.1) is 0 Å². The van der Waals surface area contributed by atoms with Crippen molar-refractivity contribution in [2.75, 3.05) is 19.8 Å². The van der Waals surface area contributed by atoms with E-state index < -0.39 is 12.2 Å². The monoisotopic (exact) mass is 440 g/mol. The molecule has 168 valence electrons. The summed E-state index contributed by atoms with van der Waals surface area (Å²) in [7, 11) is 0. The summed E-state index contributed by atoms with van der Waals surface area (Å²) in [5.74, 6) is -0.361. The fourth-order valence-corrected chi connectivity index (χ4v) is 2.82. The topological polar surface area (TPSA) is 128 Å². The summed E-state index contributed by atoms with van der Waals surface area (Å²) in [6, 6.07) is 10.9. The summed E-state index contributed by atoms with van der Waals surface area (Å²) in [5, 5.41) is 5.84. The molecule has 0 saturated heterocycles. The molecule has 0 spiro atoms. The van der Waals surface area contributed by atoms with Crippen molar-refractivity contribution >= 4 is 24.0 Å². The SMILES string of the molecule is CCOC(=O)/N=N/C(=O)OCC.O=C1c2ccccc2C(=O)N1CCCc1ccncc1. The number of hydrogen-bond acceptors (Lipinski definition) is 7. The Hall–Kier alpha value is -3.95. The molecule has 0 radical (unpaired) electrons. The third-order valence-electron chi connectivity index (χ3n) is 4.22. The van der Waals surface area contributed by atoms with Gasteiger partial charge in [0, 0.05) is 18.9 Å². The van der Waals surface area contributed by atoms with Gasteiger partial charge in [-0.05, 0) is 56.5 Å². The first-order chi connectivity index (χ1) is 15.5. The number of azo groups is 1. The van der Waals surface area contributed by atoms with E-state index in [0.29, 0.717) is 17.7 Å². The van der Waals surface area contributed by atoms with Crippen molar-refractivity contribution in [3.8, 4) is 0 Å². The van der Waals surface area contributed by atoms with Gasteiger partial charge in [0.15, 0.2) is 0 Å². The normalized spacial score (nSPS) is 12.2. The van der Waals surface area contributed by atoms with Gasteiger partial charge in [-0.3, -0.25) is 19.5 Å². The molecule has 2 aromatic rings. The lowest BCUT2D eigenvalue weighted by molar-refractivity contribution is 0.0652. The van der Waals surface area contributed by atoms with Gasteiger partial charge in [-0.1, -0.05) is 22.4 Å². The van der Waals surface area contributed by atoms with E-state index in [1.165, 1.54) is 4.90 Å². The average molecular weight is 440 g/mol. The maximum absolute atomic E-state index is 12.1. The number of pyridine rings is 1. The number of hydrogen-bond donors (Lipinski definition) is 0. The van der Waals surface area contributed by atoms with Gasteiger partial charge in [0.1, 0.15) is 0 Å². The minimum Gasteiger partial charge on any atom is -0.447 e. The summed E-state index contributed by atoms with van der Waals surface area (Å²) in [6.07, 6.45) is 3.29. The third-order valence-corrected chi connectivity index (χ3v) is 4.22. The molecular weight excluding hydrogens is 416 g/mol. The van der Waals surface area contributed by atoms with Crippen molar-refractivity contribution in [1.29, 1.82) is 0 Å². The average Bonchev–Trinajstić information content (AvgIpc) is 3.04. The number of imide groups is 1. The molecule has 0 saturated carbocycles. The van der Waals surface area contributed by atoms with Crippen LogP contribution in [-0.2, 0) is 15.9 Å². The molecule has 2 heterocycles. The maximum Gasteiger partial charge on any atom is 0.452 e. The van der Waals surface area contributed by atoms with Crippen molar-refractivity contribution < 1.29 is 28.7 Å². The van der Waals surface area contributed by atoms with Crippen LogP contribution in [0.15, 0.2) is 59.0 Å². The minimum atomic E-state index is -0.898. The summed E-state index contributed by atoms with van der Waals surface area (Å²) in [5.41, 5.74) is 2.19. The molecule has 0 fully saturated rings. The molecule has 4 amide bonds. The van der Waals surface area contributed by atoms with Gasteiger partial charge in [-0.2, -0.15) is 0 Å². The van der Waals surface area contributed by atoms with Crippen LogP contribution in [0.4, 0.5) is 9.59 Å². The third kappa shape index (κ3) is 7.08. The zero-order valence-corrected chi connectivity index (χ0v) is 17.9. The van der Waals surface area contributed by atoms with Crippen LogP contribution >= 0.6 is 0 Å². The lowest BCUT2D eigenvalue weighted by Crippen LogP contribution is -2.30. The number of aromatic nitrogens is 1. The highest BCUT2D eigenvalue weighted by atomic mass is 16.6. The van der Waals surface area contributed by atoms with E-state index in [2.05, 4.69) is 24.7 Å². The first-order valence-electron chi connectivity index (χ1n) is 10.1. The second kappa shape index (κ2) is 12.7. The molecular formula is C22H24N4O6. The van der Waals surface area contributed by atoms with E-state index in [1.807, 2.05) is 12.1 Å². The van der Waals surface area contributed by atoms with Gasteiger partial charge in [-0.25, -0.2) is 9.59 Å². The van der Waals surface area contributed by atoms with Crippen LogP contribution in [-0.4, -0.2) is 53.6 Å². The molecule has 3 rings (SSSR count). The first-order valence-corrected chi connectivity index (χ1v) is 10.1. The van der Waals surface area contributed by atoms with E-state index in [1.54, 1.807) is 50.5 Å². The number of amides is 4. The predicted octanol–water partition coefficient (Wildman–Crippen LogP) is 4.06. The molecule has 1 aromatic carbocycles. The smallest absolute Gasteiger partial charge is 0.447 e. The fraction of sp³-hybridized carbons (Fsp3) is 0.318. The van der Waals surface area contributed by atoms with Crippen LogP contribution < -0.4 is 0 Å². The molecule has 10 heteroatoms. The Labute approximate surface area is 185 Å². The van der Waals surface area contributed by atoms with Crippen LogP contribution in [0, 0.1) is 0 Å². The highest BCUT2D eigenvalue weighted by Gasteiger charge is 2.34. The van der Waals surface area contributed by atoms with Crippen molar-refractivity contribution in [3.63, 3.8) is 0 Å². The number of aryl methyl sites for hydroxylation is 1. The van der Waals surface area contributed by atoms with Gasteiger partial charge in [0.05, 0.1) is 24.3 Å². The van der Waals surface area contributed by atoms with E-state index in [9.17, 15) is 19.2 Å². The van der Waals surface area contributed by atoms with Crippen LogP contribution in [0.1, 0.15) is 46.5 Å². The van der Waals surface area contributed by atoms with E-state index >= 15 is 0 Å². The largest absolute Gasteiger partial charge is 0.452 e. The minimum absolute atomic E-state index is 0.180. The number of benzene rings is 1. The molecule has 10 nitrogen and oxygen atoms in total. The number of carbonyl (C=O) groups is 4. The highest BCUT2D eigenvalue weighted by molar-refractivity contribution is 6.21. The van der Waals surface area contributed by atoms with Gasteiger partial charge in [0.2, 0.25) is 0 Å². The lowest BCUT2D eigenvalue weighted by atomic mass is 10.1. The zero-order chi connectivity index (χ0) is 23.3. The quantitative estimate of drug-likeness (QED) is 0.489. The van der Waals surface area contributed by atoms with E-state index in [4.69, 9.17) is 0 Å². The maximum atomic E-state index is 12.1. The van der Waals surface area contributed by atoms with Crippen molar-refractivity contribution in [3.05, 3.63) is 65.5 Å². The molecule has 0 bridgehead atoms. The molecule has 0 atom stereocenters. The Morgan fingerprint density at radius 1 is 0.875 bits per heavy atom. The van der Waals surface area contributed by atoms with E-state index in [-0.39, 0.29) is 25.0 Å². The molecule has 0 aliphatic carbocycles. The number of rotatable bonds is 6. The Balaban J connectivity index is 0.000000262.